The fourth-order valence-corrected chi connectivity index (χ4v) is 3.65. The summed E-state index contributed by atoms with van der Waals surface area (Å²) in [6, 6.07) is 5.17. The zero-order chi connectivity index (χ0) is 16.6. The van der Waals surface area contributed by atoms with Gasteiger partial charge in [-0.3, -0.25) is 4.79 Å². The molecule has 0 aromatic heterocycles. The molecule has 2 N–H and O–H groups in total. The average Bonchev–Trinajstić information content (AvgIpc) is 2.98. The van der Waals surface area contributed by atoms with Crippen LogP contribution in [0.5, 0.6) is 0 Å². The lowest BCUT2D eigenvalue weighted by Gasteiger charge is -2.33. The van der Waals surface area contributed by atoms with Crippen molar-refractivity contribution in [3.05, 3.63) is 29.3 Å². The van der Waals surface area contributed by atoms with E-state index in [9.17, 15) is 14.7 Å². The first-order valence-electron chi connectivity index (χ1n) is 8.32. The van der Waals surface area contributed by atoms with Gasteiger partial charge in [0.15, 0.2) is 5.78 Å². The Labute approximate surface area is 136 Å². The summed E-state index contributed by atoms with van der Waals surface area (Å²) in [5.41, 5.74) is 1.52. The van der Waals surface area contributed by atoms with Crippen LogP contribution in [0.4, 0.5) is 10.5 Å². The van der Waals surface area contributed by atoms with Gasteiger partial charge in [0.2, 0.25) is 0 Å². The number of nitrogens with zero attached hydrogens (tertiary/aromatic N) is 1. The normalized spacial score (nSPS) is 21.3. The van der Waals surface area contributed by atoms with Crippen LogP contribution in [0.15, 0.2) is 18.2 Å². The highest BCUT2D eigenvalue weighted by Gasteiger charge is 2.38. The number of hydrogen-bond donors (Lipinski definition) is 2. The maximum absolute atomic E-state index is 12.5. The molecule has 2 aliphatic rings. The Hall–Kier alpha value is -1.88. The van der Waals surface area contributed by atoms with Crippen LogP contribution < -0.4 is 5.32 Å². The number of aliphatic hydroxyl groups is 1. The minimum Gasteiger partial charge on any atom is -0.388 e. The number of likely N-dealkylation sites (tertiary alicyclic amines) is 1. The number of rotatable bonds is 2. The molecule has 1 atom stereocenters. The number of Topliss-reactive ketones (excluding diaryl/α,β-unsaturated/α-hetero) is 1. The van der Waals surface area contributed by atoms with Crippen molar-refractivity contribution < 1.29 is 14.7 Å². The fraction of sp³-hybridized carbons (Fsp3) is 0.556. The largest absolute Gasteiger partial charge is 0.388 e. The number of urea groups is 1. The first-order valence-corrected chi connectivity index (χ1v) is 8.32. The number of anilines is 1. The second-order valence-electron chi connectivity index (χ2n) is 7.08. The van der Waals surface area contributed by atoms with Crippen LogP contribution in [0.2, 0.25) is 0 Å². The number of fused-ring (bicyclic) bond motifs is 1. The molecule has 0 spiro atoms. The lowest BCUT2D eigenvalue weighted by atomic mass is 9.90. The second kappa shape index (κ2) is 5.96. The van der Waals surface area contributed by atoms with Gasteiger partial charge in [-0.1, -0.05) is 6.07 Å². The molecule has 0 bridgehead atoms. The number of ketones is 1. The van der Waals surface area contributed by atoms with Crippen LogP contribution in [0.25, 0.3) is 0 Å². The smallest absolute Gasteiger partial charge is 0.322 e. The summed E-state index contributed by atoms with van der Waals surface area (Å²) >= 11 is 0. The van der Waals surface area contributed by atoms with Crippen LogP contribution in [0.1, 0.15) is 55.5 Å². The van der Waals surface area contributed by atoms with Crippen LogP contribution in [0, 0.1) is 0 Å². The summed E-state index contributed by atoms with van der Waals surface area (Å²) in [7, 11) is 0. The number of hydrogen-bond acceptors (Lipinski definition) is 3. The van der Waals surface area contributed by atoms with Gasteiger partial charge < -0.3 is 15.3 Å². The molecule has 1 saturated heterocycles. The highest BCUT2D eigenvalue weighted by atomic mass is 16.3. The fourth-order valence-electron chi connectivity index (χ4n) is 3.65. The SMILES string of the molecule is CC(C)(O)[C@H]1CCCN1C(=O)Nc1ccc2c(c1)C(=O)CCC2. The highest BCUT2D eigenvalue weighted by Crippen LogP contribution is 2.28. The van der Waals surface area contributed by atoms with Crippen LogP contribution >= 0.6 is 0 Å². The third-order valence-corrected chi connectivity index (χ3v) is 4.84. The molecule has 124 valence electrons. The van der Waals surface area contributed by atoms with Gasteiger partial charge >= 0.3 is 6.03 Å². The van der Waals surface area contributed by atoms with Crippen molar-refractivity contribution in [2.24, 2.45) is 0 Å². The van der Waals surface area contributed by atoms with Crippen molar-refractivity contribution in [3.8, 4) is 0 Å². The molecule has 5 nitrogen and oxygen atoms in total. The van der Waals surface area contributed by atoms with E-state index < -0.39 is 5.60 Å². The Morgan fingerprint density at radius 1 is 1.30 bits per heavy atom. The van der Waals surface area contributed by atoms with Crippen LogP contribution in [0.3, 0.4) is 0 Å². The third kappa shape index (κ3) is 3.24. The number of carbonyl (C=O) groups is 2. The standard InChI is InChI=1S/C18H24N2O3/c1-18(2,23)16-7-4-10-20(16)17(22)19-13-9-8-12-5-3-6-15(21)14(12)11-13/h8-9,11,16,23H,3-7,10H2,1-2H3,(H,19,22)/t16-/m1/s1. The summed E-state index contributed by atoms with van der Waals surface area (Å²) in [6.45, 7) is 4.12. The average molecular weight is 316 g/mol. The van der Waals surface area contributed by atoms with Crippen molar-refractivity contribution in [2.45, 2.75) is 57.6 Å². The van der Waals surface area contributed by atoms with Crippen molar-refractivity contribution in [1.29, 1.82) is 0 Å². The quantitative estimate of drug-likeness (QED) is 0.881. The van der Waals surface area contributed by atoms with E-state index in [1.54, 1.807) is 24.8 Å². The Bertz CT molecular complexity index is 634. The number of amides is 2. The molecule has 0 saturated carbocycles. The number of nitrogens with one attached hydrogen (secondary N) is 1. The van der Waals surface area contributed by atoms with Gasteiger partial charge in [0, 0.05) is 24.2 Å². The Morgan fingerprint density at radius 3 is 2.83 bits per heavy atom. The predicted octanol–water partition coefficient (Wildman–Crippen LogP) is 2.97. The molecule has 1 aliphatic carbocycles. The molecule has 0 radical (unpaired) electrons. The lowest BCUT2D eigenvalue weighted by Crippen LogP contribution is -2.49. The van der Waals surface area contributed by atoms with Gasteiger partial charge in [-0.15, -0.1) is 0 Å². The molecule has 1 aromatic carbocycles. The van der Waals surface area contributed by atoms with E-state index in [1.807, 2.05) is 12.1 Å². The van der Waals surface area contributed by atoms with Crippen molar-refractivity contribution >= 4 is 17.5 Å². The predicted molar refractivity (Wildman–Crippen MR) is 88.8 cm³/mol. The minimum absolute atomic E-state index is 0.151. The lowest BCUT2D eigenvalue weighted by molar-refractivity contribution is 0.0117. The van der Waals surface area contributed by atoms with Gasteiger partial charge in [0.25, 0.3) is 0 Å². The second-order valence-corrected chi connectivity index (χ2v) is 7.08. The Kier molecular flexibility index (Phi) is 4.15. The maximum Gasteiger partial charge on any atom is 0.322 e. The monoisotopic (exact) mass is 316 g/mol. The molecule has 2 amide bonds. The van der Waals surface area contributed by atoms with Gasteiger partial charge in [-0.2, -0.15) is 0 Å². The van der Waals surface area contributed by atoms with E-state index >= 15 is 0 Å². The van der Waals surface area contributed by atoms with Crippen molar-refractivity contribution in [1.82, 2.24) is 4.90 Å². The summed E-state index contributed by atoms with van der Waals surface area (Å²) in [5, 5.41) is 13.1. The van der Waals surface area contributed by atoms with E-state index in [0.29, 0.717) is 18.7 Å². The summed E-state index contributed by atoms with van der Waals surface area (Å²) in [4.78, 5) is 26.2. The number of benzene rings is 1. The summed E-state index contributed by atoms with van der Waals surface area (Å²) in [6.07, 6.45) is 4.10. The molecular weight excluding hydrogens is 292 g/mol. The number of aryl methyl sites for hydroxylation is 1. The summed E-state index contributed by atoms with van der Waals surface area (Å²) in [5.74, 6) is 0.151. The van der Waals surface area contributed by atoms with Crippen molar-refractivity contribution in [3.63, 3.8) is 0 Å². The molecule has 1 aliphatic heterocycles. The molecule has 0 unspecified atom stereocenters. The van der Waals surface area contributed by atoms with E-state index in [2.05, 4.69) is 5.32 Å². The van der Waals surface area contributed by atoms with Crippen LogP contribution in [-0.2, 0) is 6.42 Å². The third-order valence-electron chi connectivity index (χ3n) is 4.84. The van der Waals surface area contributed by atoms with E-state index in [-0.39, 0.29) is 17.9 Å². The molecule has 5 heteroatoms. The molecule has 3 rings (SSSR count). The molecule has 23 heavy (non-hydrogen) atoms. The first kappa shape index (κ1) is 16.0. The molecule has 1 heterocycles. The highest BCUT2D eigenvalue weighted by molar-refractivity contribution is 6.00. The minimum atomic E-state index is -0.917. The van der Waals surface area contributed by atoms with E-state index in [1.165, 1.54) is 0 Å². The Morgan fingerprint density at radius 2 is 2.09 bits per heavy atom. The first-order chi connectivity index (χ1) is 10.9. The van der Waals surface area contributed by atoms with Crippen molar-refractivity contribution in [2.75, 3.05) is 11.9 Å². The van der Waals surface area contributed by atoms with Gasteiger partial charge in [0.1, 0.15) is 0 Å². The van der Waals surface area contributed by atoms with E-state index in [0.717, 1.165) is 36.8 Å². The number of carbonyl (C=O) groups excluding carboxylic acids is 2. The summed E-state index contributed by atoms with van der Waals surface area (Å²) < 4.78 is 0. The van der Waals surface area contributed by atoms with Gasteiger partial charge in [-0.05, 0) is 57.2 Å². The van der Waals surface area contributed by atoms with Gasteiger partial charge in [0.05, 0.1) is 11.6 Å². The van der Waals surface area contributed by atoms with Gasteiger partial charge in [-0.25, -0.2) is 4.79 Å². The molecule has 1 fully saturated rings. The Balaban J connectivity index is 1.76. The molecular formula is C18H24N2O3. The van der Waals surface area contributed by atoms with Crippen LogP contribution in [-0.4, -0.2) is 40.0 Å². The molecule has 1 aromatic rings. The van der Waals surface area contributed by atoms with E-state index in [4.69, 9.17) is 0 Å². The maximum atomic E-state index is 12.5. The zero-order valence-corrected chi connectivity index (χ0v) is 13.8. The topological polar surface area (TPSA) is 69.6 Å². The zero-order valence-electron chi connectivity index (χ0n) is 13.8.